The molecule has 31 heavy (non-hydrogen) atoms. The summed E-state index contributed by atoms with van der Waals surface area (Å²) < 4.78 is 0.425. The maximum absolute atomic E-state index is 13.4. The zero-order valence-electron chi connectivity index (χ0n) is 17.2. The first-order chi connectivity index (χ1) is 14.7. The van der Waals surface area contributed by atoms with Crippen molar-refractivity contribution in [3.8, 4) is 0 Å². The Kier molecular flexibility index (Phi) is 4.52. The van der Waals surface area contributed by atoms with E-state index in [1.807, 2.05) is 24.3 Å². The molecule has 5 rings (SSSR count). The lowest BCUT2D eigenvalue weighted by molar-refractivity contribution is -0.385. The van der Waals surface area contributed by atoms with Crippen molar-refractivity contribution < 1.29 is 9.72 Å². The second-order valence-corrected chi connectivity index (χ2v) is 9.94. The summed E-state index contributed by atoms with van der Waals surface area (Å²) in [7, 11) is 0. The molecule has 156 valence electrons. The number of nitrogens with one attached hydrogen (secondary N) is 1. The second-order valence-electron chi connectivity index (χ2n) is 9.09. The molecule has 1 unspecified atom stereocenters. The van der Waals surface area contributed by atoms with Crippen molar-refractivity contribution >= 4 is 49.4 Å². The number of ketones is 1. The van der Waals surface area contributed by atoms with Gasteiger partial charge in [-0.15, -0.1) is 0 Å². The minimum Gasteiger partial charge on any atom is -0.373 e. The first-order valence-corrected chi connectivity index (χ1v) is 11.0. The minimum absolute atomic E-state index is 0.00523. The van der Waals surface area contributed by atoms with Crippen LogP contribution in [-0.2, 0) is 4.79 Å². The Labute approximate surface area is 188 Å². The fourth-order valence-corrected chi connectivity index (χ4v) is 5.33. The number of carbonyl (C=O) groups is 1. The number of carbonyl (C=O) groups excluding carboxylic acids is 1. The van der Waals surface area contributed by atoms with Crippen LogP contribution in [0.25, 0.3) is 16.3 Å². The van der Waals surface area contributed by atoms with Crippen LogP contribution in [0.15, 0.2) is 64.6 Å². The number of hydrogen-bond donors (Lipinski definition) is 1. The zero-order chi connectivity index (χ0) is 21.9. The molecule has 5 nitrogen and oxygen atoms in total. The van der Waals surface area contributed by atoms with E-state index in [2.05, 4.69) is 53.3 Å². The molecule has 0 saturated heterocycles. The van der Waals surface area contributed by atoms with Gasteiger partial charge in [0.1, 0.15) is 0 Å². The number of benzene rings is 3. The summed E-state index contributed by atoms with van der Waals surface area (Å²) in [5.41, 5.74) is 4.40. The molecule has 1 N–H and O–H groups in total. The Hall–Kier alpha value is -2.99. The molecule has 0 bridgehead atoms. The summed E-state index contributed by atoms with van der Waals surface area (Å²) in [5, 5.41) is 17.3. The second kappa shape index (κ2) is 7.02. The lowest BCUT2D eigenvalue weighted by atomic mass is 9.68. The summed E-state index contributed by atoms with van der Waals surface area (Å²) in [4.78, 5) is 24.5. The van der Waals surface area contributed by atoms with Crippen molar-refractivity contribution in [3.63, 3.8) is 0 Å². The first-order valence-electron chi connectivity index (χ1n) is 10.2. The molecule has 0 saturated carbocycles. The quantitative estimate of drug-likeness (QED) is 0.325. The Bertz CT molecular complexity index is 1310. The molecule has 1 aliphatic heterocycles. The SMILES string of the molecule is CC1(C)CC(=O)C2=C(C1)c1c(ccc3ccccc13)NC2c1ccc(Br)c([N+](=O)[O-])c1. The zero-order valence-corrected chi connectivity index (χ0v) is 18.8. The average molecular weight is 477 g/mol. The standard InChI is InChI=1S/C25H21BrN2O3/c1-25(2)12-17-22-16-6-4-3-5-14(16)8-10-19(22)27-24(23(17)21(29)13-25)15-7-9-18(26)20(11-15)28(30)31/h3-11,24,27H,12-13H2,1-2H3. The van der Waals surface area contributed by atoms with Gasteiger partial charge in [0.15, 0.2) is 5.78 Å². The predicted molar refractivity (Wildman–Crippen MR) is 126 cm³/mol. The van der Waals surface area contributed by atoms with Gasteiger partial charge in [-0.2, -0.15) is 0 Å². The van der Waals surface area contributed by atoms with E-state index in [4.69, 9.17) is 0 Å². The number of nitro groups is 1. The van der Waals surface area contributed by atoms with Crippen LogP contribution in [0.2, 0.25) is 0 Å². The number of anilines is 1. The van der Waals surface area contributed by atoms with Crippen LogP contribution >= 0.6 is 15.9 Å². The molecule has 1 atom stereocenters. The largest absolute Gasteiger partial charge is 0.373 e. The molecule has 1 heterocycles. The Balaban J connectivity index is 1.78. The smallest absolute Gasteiger partial charge is 0.283 e. The third kappa shape index (κ3) is 3.26. The highest BCUT2D eigenvalue weighted by molar-refractivity contribution is 9.10. The number of fused-ring (bicyclic) bond motifs is 4. The Morgan fingerprint density at radius 1 is 1.10 bits per heavy atom. The van der Waals surface area contributed by atoms with E-state index >= 15 is 0 Å². The van der Waals surface area contributed by atoms with Gasteiger partial charge in [-0.05, 0) is 61.8 Å². The van der Waals surface area contributed by atoms with E-state index in [1.54, 1.807) is 12.1 Å². The summed E-state index contributed by atoms with van der Waals surface area (Å²) in [6, 6.07) is 17.0. The van der Waals surface area contributed by atoms with E-state index in [0.717, 1.165) is 39.6 Å². The van der Waals surface area contributed by atoms with Crippen molar-refractivity contribution in [2.75, 3.05) is 5.32 Å². The summed E-state index contributed by atoms with van der Waals surface area (Å²) in [6.45, 7) is 4.25. The highest BCUT2D eigenvalue weighted by Gasteiger charge is 2.41. The van der Waals surface area contributed by atoms with Gasteiger partial charge in [-0.1, -0.05) is 50.2 Å². The van der Waals surface area contributed by atoms with Crippen molar-refractivity contribution in [2.24, 2.45) is 5.41 Å². The third-order valence-corrected chi connectivity index (χ3v) is 6.91. The van der Waals surface area contributed by atoms with Gasteiger partial charge < -0.3 is 5.32 Å². The van der Waals surface area contributed by atoms with Gasteiger partial charge in [-0.25, -0.2) is 0 Å². The summed E-state index contributed by atoms with van der Waals surface area (Å²) >= 11 is 3.26. The van der Waals surface area contributed by atoms with Gasteiger partial charge in [0.2, 0.25) is 0 Å². The number of Topliss-reactive ketones (excluding diaryl/α,β-unsaturated/α-hetero) is 1. The molecule has 3 aromatic carbocycles. The van der Waals surface area contributed by atoms with Crippen LogP contribution in [0.5, 0.6) is 0 Å². The summed E-state index contributed by atoms with van der Waals surface area (Å²) in [6.07, 6.45) is 1.24. The van der Waals surface area contributed by atoms with Crippen LogP contribution in [0, 0.1) is 15.5 Å². The number of halogens is 1. The summed E-state index contributed by atoms with van der Waals surface area (Å²) in [5.74, 6) is 0.105. The predicted octanol–water partition coefficient (Wildman–Crippen LogP) is 6.82. The topological polar surface area (TPSA) is 72.2 Å². The lowest BCUT2D eigenvalue weighted by Crippen LogP contribution is -2.33. The van der Waals surface area contributed by atoms with Crippen molar-refractivity contribution in [2.45, 2.75) is 32.7 Å². The highest BCUT2D eigenvalue weighted by Crippen LogP contribution is 2.52. The van der Waals surface area contributed by atoms with E-state index in [9.17, 15) is 14.9 Å². The van der Waals surface area contributed by atoms with Crippen molar-refractivity contribution in [1.29, 1.82) is 0 Å². The monoisotopic (exact) mass is 476 g/mol. The molecule has 1 aliphatic carbocycles. The lowest BCUT2D eigenvalue weighted by Gasteiger charge is -2.40. The minimum atomic E-state index is -0.418. The van der Waals surface area contributed by atoms with Crippen molar-refractivity contribution in [1.82, 2.24) is 0 Å². The molecular formula is C25H21BrN2O3. The third-order valence-electron chi connectivity index (χ3n) is 6.24. The maximum Gasteiger partial charge on any atom is 0.283 e. The van der Waals surface area contributed by atoms with Crippen molar-refractivity contribution in [3.05, 3.63) is 85.9 Å². The Morgan fingerprint density at radius 3 is 2.65 bits per heavy atom. The van der Waals surface area contributed by atoms with Crippen LogP contribution < -0.4 is 5.32 Å². The average Bonchev–Trinajstić information content (AvgIpc) is 2.72. The van der Waals surface area contributed by atoms with E-state index in [0.29, 0.717) is 16.5 Å². The Morgan fingerprint density at radius 2 is 1.87 bits per heavy atom. The number of nitro benzene ring substituents is 1. The normalized spacial score (nSPS) is 19.6. The van der Waals surface area contributed by atoms with Crippen LogP contribution in [0.1, 0.15) is 43.9 Å². The fraction of sp³-hybridized carbons (Fsp3) is 0.240. The number of hydrogen-bond acceptors (Lipinski definition) is 4. The molecular weight excluding hydrogens is 456 g/mol. The number of nitrogens with zero attached hydrogens (tertiary/aromatic N) is 1. The molecule has 0 spiro atoms. The molecule has 6 heteroatoms. The molecule has 0 amide bonds. The molecule has 0 fully saturated rings. The van der Waals surface area contributed by atoms with Gasteiger partial charge in [0, 0.05) is 29.3 Å². The van der Waals surface area contributed by atoms with Gasteiger partial charge >= 0.3 is 0 Å². The van der Waals surface area contributed by atoms with Gasteiger partial charge in [0.05, 0.1) is 15.4 Å². The number of rotatable bonds is 2. The molecule has 2 aliphatic rings. The molecule has 3 aromatic rings. The maximum atomic E-state index is 13.4. The first kappa shape index (κ1) is 19.9. The van der Waals surface area contributed by atoms with E-state index in [1.165, 1.54) is 0 Å². The highest BCUT2D eigenvalue weighted by atomic mass is 79.9. The number of allylic oxidation sites excluding steroid dienone is 1. The van der Waals surface area contributed by atoms with E-state index < -0.39 is 11.0 Å². The fourth-order valence-electron chi connectivity index (χ4n) is 4.94. The van der Waals surface area contributed by atoms with Crippen LogP contribution in [0.3, 0.4) is 0 Å². The van der Waals surface area contributed by atoms with E-state index in [-0.39, 0.29) is 16.9 Å². The molecule has 0 radical (unpaired) electrons. The van der Waals surface area contributed by atoms with Crippen LogP contribution in [0.4, 0.5) is 11.4 Å². The molecule has 0 aromatic heterocycles. The van der Waals surface area contributed by atoms with Gasteiger partial charge in [-0.3, -0.25) is 14.9 Å². The van der Waals surface area contributed by atoms with Crippen LogP contribution in [-0.4, -0.2) is 10.7 Å². The van der Waals surface area contributed by atoms with Gasteiger partial charge in [0.25, 0.3) is 5.69 Å².